The lowest BCUT2D eigenvalue weighted by atomic mass is 9.80. The van der Waals surface area contributed by atoms with Crippen LogP contribution in [0.4, 0.5) is 5.69 Å². The zero-order chi connectivity index (χ0) is 27.7. The molecule has 1 aliphatic heterocycles. The topological polar surface area (TPSA) is 119 Å². The van der Waals surface area contributed by atoms with Gasteiger partial charge in [0.05, 0.1) is 53.3 Å². The molecule has 3 aromatic carbocycles. The number of thiazole rings is 1. The number of carbonyl (C=O) groups is 2. The fourth-order valence-corrected chi connectivity index (χ4v) is 5.76. The van der Waals surface area contributed by atoms with Crippen molar-refractivity contribution in [3.8, 4) is 16.6 Å². The maximum Gasteiger partial charge on any atom is 0.355 e. The number of rotatable bonds is 5. The summed E-state index contributed by atoms with van der Waals surface area (Å²) in [7, 11) is 2.45. The molecule has 0 spiro atoms. The molecule has 0 saturated heterocycles. The molecule has 5 rings (SSSR count). The number of methoxy groups -OCH3 is 2. The Balaban J connectivity index is 1.72. The second-order valence-corrected chi connectivity index (χ2v) is 9.85. The van der Waals surface area contributed by atoms with Crippen molar-refractivity contribution in [2.45, 2.75) is 12.8 Å². The Bertz CT molecular complexity index is 1680. The molecule has 0 aliphatic carbocycles. The van der Waals surface area contributed by atoms with Gasteiger partial charge in [-0.05, 0) is 48.4 Å². The molecule has 1 unspecified atom stereocenters. The molecular formula is C30H24N4O4S. The summed E-state index contributed by atoms with van der Waals surface area (Å²) in [6.45, 7) is 1.86. The molecule has 0 bridgehead atoms. The Morgan fingerprint density at radius 3 is 2.33 bits per heavy atom. The molecule has 2 N–H and O–H groups in total. The third kappa shape index (κ3) is 4.41. The predicted octanol–water partition coefficient (Wildman–Crippen LogP) is 5.17. The van der Waals surface area contributed by atoms with Gasteiger partial charge >= 0.3 is 11.9 Å². The summed E-state index contributed by atoms with van der Waals surface area (Å²) >= 11 is 1.57. The molecule has 0 saturated carbocycles. The van der Waals surface area contributed by atoms with Crippen LogP contribution in [0.5, 0.6) is 0 Å². The van der Waals surface area contributed by atoms with Gasteiger partial charge in [0.25, 0.3) is 0 Å². The first-order valence-corrected chi connectivity index (χ1v) is 12.8. The van der Waals surface area contributed by atoms with Crippen LogP contribution >= 0.6 is 11.3 Å². The Morgan fingerprint density at radius 1 is 1.00 bits per heavy atom. The Kier molecular flexibility index (Phi) is 6.88. The van der Waals surface area contributed by atoms with E-state index in [0.717, 1.165) is 26.4 Å². The molecule has 9 heteroatoms. The Labute approximate surface area is 229 Å². The van der Waals surface area contributed by atoms with E-state index in [9.17, 15) is 14.9 Å². The van der Waals surface area contributed by atoms with Gasteiger partial charge in [0.15, 0.2) is 0 Å². The van der Waals surface area contributed by atoms with E-state index in [1.54, 1.807) is 41.7 Å². The molecule has 1 atom stereocenters. The number of carbonyl (C=O) groups excluding carboxylic acids is 2. The van der Waals surface area contributed by atoms with Gasteiger partial charge in [-0.3, -0.25) is 4.90 Å². The highest BCUT2D eigenvalue weighted by Gasteiger charge is 2.43. The third-order valence-corrected chi connectivity index (χ3v) is 7.67. The van der Waals surface area contributed by atoms with Crippen molar-refractivity contribution < 1.29 is 19.1 Å². The Morgan fingerprint density at radius 2 is 1.69 bits per heavy atom. The smallest absolute Gasteiger partial charge is 0.355 e. The van der Waals surface area contributed by atoms with Crippen molar-refractivity contribution in [3.05, 3.63) is 107 Å². The molecule has 4 aromatic rings. The second-order valence-electron chi connectivity index (χ2n) is 8.82. The van der Waals surface area contributed by atoms with E-state index in [1.807, 2.05) is 49.4 Å². The van der Waals surface area contributed by atoms with E-state index in [0.29, 0.717) is 11.3 Å². The van der Waals surface area contributed by atoms with Crippen LogP contribution in [0.25, 0.3) is 20.8 Å². The molecule has 0 radical (unpaired) electrons. The monoisotopic (exact) mass is 536 g/mol. The number of allylic oxidation sites excluding steroid dienone is 1. The zero-order valence-electron chi connectivity index (χ0n) is 21.5. The largest absolute Gasteiger partial charge is 0.466 e. The maximum atomic E-state index is 13.3. The standard InChI is InChI=1S/C30H24N4O4S/c1-17-15-19(28-33-21-11-7-8-12-23(21)39-28)13-14-22(17)34-26(30(36)38-3)25(29(35)37-2)24(20(16-31)27(34)32)18-9-5-4-6-10-18/h4-15,24H,32H2,1-3H3. The molecule has 0 fully saturated rings. The van der Waals surface area contributed by atoms with Crippen LogP contribution in [0, 0.1) is 18.3 Å². The summed E-state index contributed by atoms with van der Waals surface area (Å²) in [6.07, 6.45) is 0. The second kappa shape index (κ2) is 10.4. The number of para-hydroxylation sites is 1. The number of benzene rings is 3. The highest BCUT2D eigenvalue weighted by atomic mass is 32.1. The number of ether oxygens (including phenoxy) is 2. The van der Waals surface area contributed by atoms with Crippen LogP contribution in [-0.2, 0) is 19.1 Å². The lowest BCUT2D eigenvalue weighted by Crippen LogP contribution is -2.41. The molecule has 1 aromatic heterocycles. The molecule has 1 aliphatic rings. The highest BCUT2D eigenvalue weighted by Crippen LogP contribution is 2.44. The number of esters is 2. The molecule has 39 heavy (non-hydrogen) atoms. The van der Waals surface area contributed by atoms with Gasteiger partial charge in [0, 0.05) is 5.56 Å². The minimum atomic E-state index is -0.920. The minimum absolute atomic E-state index is 0.0234. The molecule has 2 heterocycles. The normalized spacial score (nSPS) is 15.3. The van der Waals surface area contributed by atoms with E-state index in [-0.39, 0.29) is 22.7 Å². The fourth-order valence-electron chi connectivity index (χ4n) is 4.80. The van der Waals surface area contributed by atoms with Gasteiger partial charge in [-0.15, -0.1) is 11.3 Å². The number of nitriles is 1. The number of hydrogen-bond donors (Lipinski definition) is 1. The van der Waals surface area contributed by atoms with Crippen molar-refractivity contribution >= 4 is 39.2 Å². The summed E-state index contributed by atoms with van der Waals surface area (Å²) in [5, 5.41) is 11.1. The molecule has 0 amide bonds. The quantitative estimate of drug-likeness (QED) is 0.347. The van der Waals surface area contributed by atoms with E-state index in [2.05, 4.69) is 6.07 Å². The molecular weight excluding hydrogens is 512 g/mol. The number of nitrogens with zero attached hydrogens (tertiary/aromatic N) is 3. The van der Waals surface area contributed by atoms with Gasteiger partial charge in [0.1, 0.15) is 16.5 Å². The van der Waals surface area contributed by atoms with Gasteiger partial charge in [-0.2, -0.15) is 5.26 Å². The van der Waals surface area contributed by atoms with Crippen molar-refractivity contribution in [3.63, 3.8) is 0 Å². The lowest BCUT2D eigenvalue weighted by molar-refractivity contribution is -0.139. The van der Waals surface area contributed by atoms with E-state index < -0.39 is 17.9 Å². The van der Waals surface area contributed by atoms with Gasteiger partial charge < -0.3 is 15.2 Å². The summed E-state index contributed by atoms with van der Waals surface area (Å²) in [6, 6.07) is 24.6. The Hall–Kier alpha value is -4.94. The van der Waals surface area contributed by atoms with E-state index >= 15 is 0 Å². The first-order chi connectivity index (χ1) is 18.9. The van der Waals surface area contributed by atoms with Crippen molar-refractivity contribution in [1.29, 1.82) is 5.26 Å². The van der Waals surface area contributed by atoms with E-state index in [1.165, 1.54) is 19.1 Å². The summed E-state index contributed by atoms with van der Waals surface area (Å²) in [4.78, 5) is 32.7. The van der Waals surface area contributed by atoms with Crippen molar-refractivity contribution in [2.75, 3.05) is 19.1 Å². The lowest BCUT2D eigenvalue weighted by Gasteiger charge is -2.36. The maximum absolute atomic E-state index is 13.3. The number of aryl methyl sites for hydroxylation is 1. The fraction of sp³-hybridized carbons (Fsp3) is 0.133. The summed E-state index contributed by atoms with van der Waals surface area (Å²) in [5.41, 5.74) is 10.3. The summed E-state index contributed by atoms with van der Waals surface area (Å²) < 4.78 is 11.3. The number of anilines is 1. The SMILES string of the molecule is COC(=O)C1=C(C(=O)OC)N(c2ccc(-c3nc4ccccc4s3)cc2C)C(N)=C(C#N)C1c1ccccc1. The highest BCUT2D eigenvalue weighted by molar-refractivity contribution is 7.21. The first kappa shape index (κ1) is 25.7. The number of hydrogen-bond acceptors (Lipinski definition) is 9. The van der Waals surface area contributed by atoms with Crippen LogP contribution in [0.2, 0.25) is 0 Å². The van der Waals surface area contributed by atoms with Crippen LogP contribution in [0.1, 0.15) is 17.0 Å². The number of nitrogens with two attached hydrogens (primary N) is 1. The van der Waals surface area contributed by atoms with Gasteiger partial charge in [-0.25, -0.2) is 14.6 Å². The average Bonchev–Trinajstić information content (AvgIpc) is 3.41. The molecule has 194 valence electrons. The number of fused-ring (bicyclic) bond motifs is 1. The van der Waals surface area contributed by atoms with Crippen LogP contribution in [0.3, 0.4) is 0 Å². The van der Waals surface area contributed by atoms with Crippen LogP contribution in [0.15, 0.2) is 95.5 Å². The van der Waals surface area contributed by atoms with Crippen molar-refractivity contribution in [2.24, 2.45) is 5.73 Å². The van der Waals surface area contributed by atoms with Crippen LogP contribution < -0.4 is 10.6 Å². The van der Waals surface area contributed by atoms with Gasteiger partial charge in [-0.1, -0.05) is 42.5 Å². The van der Waals surface area contributed by atoms with Crippen molar-refractivity contribution in [1.82, 2.24) is 4.98 Å². The predicted molar refractivity (Wildman–Crippen MR) is 149 cm³/mol. The number of aromatic nitrogens is 1. The first-order valence-electron chi connectivity index (χ1n) is 12.0. The zero-order valence-corrected chi connectivity index (χ0v) is 22.3. The van der Waals surface area contributed by atoms with Crippen LogP contribution in [-0.4, -0.2) is 31.1 Å². The van der Waals surface area contributed by atoms with Gasteiger partial charge in [0.2, 0.25) is 0 Å². The minimum Gasteiger partial charge on any atom is -0.466 e. The van der Waals surface area contributed by atoms with E-state index in [4.69, 9.17) is 20.2 Å². The molecule has 8 nitrogen and oxygen atoms in total. The third-order valence-electron chi connectivity index (χ3n) is 6.59. The average molecular weight is 537 g/mol. The summed E-state index contributed by atoms with van der Waals surface area (Å²) in [5.74, 6) is -2.45.